The summed E-state index contributed by atoms with van der Waals surface area (Å²) in [4.78, 5) is 13.0. The van der Waals surface area contributed by atoms with Crippen molar-refractivity contribution in [2.24, 2.45) is 5.73 Å². The van der Waals surface area contributed by atoms with E-state index in [2.05, 4.69) is 11.0 Å². The van der Waals surface area contributed by atoms with Crippen molar-refractivity contribution in [1.82, 2.24) is 0 Å². The fraction of sp³-hybridized carbons (Fsp3) is 0.462. The molecule has 0 radical (unpaired) electrons. The monoisotopic (exact) mass is 236 g/mol. The third-order valence-electron chi connectivity index (χ3n) is 2.56. The van der Waals surface area contributed by atoms with Crippen LogP contribution in [0.2, 0.25) is 0 Å². The number of benzene rings is 1. The van der Waals surface area contributed by atoms with E-state index in [0.29, 0.717) is 19.6 Å². The SMILES string of the molecule is COCCN(CCC(N)=O)c1cccc(C)c1. The van der Waals surface area contributed by atoms with E-state index in [1.54, 1.807) is 7.11 Å². The number of anilines is 1. The van der Waals surface area contributed by atoms with E-state index in [9.17, 15) is 4.79 Å². The molecule has 0 unspecified atom stereocenters. The van der Waals surface area contributed by atoms with Crippen LogP contribution in [0.15, 0.2) is 24.3 Å². The van der Waals surface area contributed by atoms with Gasteiger partial charge in [0.2, 0.25) is 5.91 Å². The van der Waals surface area contributed by atoms with E-state index in [-0.39, 0.29) is 5.91 Å². The third-order valence-corrected chi connectivity index (χ3v) is 2.56. The minimum atomic E-state index is -0.278. The summed E-state index contributed by atoms with van der Waals surface area (Å²) in [5, 5.41) is 0. The molecule has 17 heavy (non-hydrogen) atoms. The number of hydrogen-bond acceptors (Lipinski definition) is 3. The molecule has 1 rings (SSSR count). The second-order valence-corrected chi connectivity index (χ2v) is 4.04. The van der Waals surface area contributed by atoms with Crippen molar-refractivity contribution in [1.29, 1.82) is 0 Å². The Morgan fingerprint density at radius 3 is 2.76 bits per heavy atom. The first-order valence-electron chi connectivity index (χ1n) is 5.72. The molecule has 4 heteroatoms. The highest BCUT2D eigenvalue weighted by molar-refractivity contribution is 5.74. The van der Waals surface area contributed by atoms with Gasteiger partial charge in [0.15, 0.2) is 0 Å². The Morgan fingerprint density at radius 1 is 1.41 bits per heavy atom. The Hall–Kier alpha value is -1.55. The molecule has 1 amide bonds. The quantitative estimate of drug-likeness (QED) is 0.777. The summed E-state index contributed by atoms with van der Waals surface area (Å²) in [6.07, 6.45) is 0.359. The van der Waals surface area contributed by atoms with E-state index in [1.165, 1.54) is 5.56 Å². The number of carbonyl (C=O) groups excluding carboxylic acids is 1. The van der Waals surface area contributed by atoms with Crippen molar-refractivity contribution in [2.45, 2.75) is 13.3 Å². The molecule has 0 aliphatic heterocycles. The van der Waals surface area contributed by atoms with E-state index in [4.69, 9.17) is 10.5 Å². The normalized spacial score (nSPS) is 10.2. The topological polar surface area (TPSA) is 55.6 Å². The maximum atomic E-state index is 10.8. The van der Waals surface area contributed by atoms with Gasteiger partial charge in [-0.1, -0.05) is 12.1 Å². The maximum Gasteiger partial charge on any atom is 0.219 e. The number of aryl methyl sites for hydroxylation is 1. The Morgan fingerprint density at radius 2 is 2.18 bits per heavy atom. The fourth-order valence-electron chi connectivity index (χ4n) is 1.64. The predicted octanol–water partition coefficient (Wildman–Crippen LogP) is 1.32. The van der Waals surface area contributed by atoms with Gasteiger partial charge in [-0.05, 0) is 24.6 Å². The first-order chi connectivity index (χ1) is 8.13. The Labute approximate surface area is 102 Å². The lowest BCUT2D eigenvalue weighted by Gasteiger charge is -2.24. The van der Waals surface area contributed by atoms with Gasteiger partial charge < -0.3 is 15.4 Å². The lowest BCUT2D eigenvalue weighted by Crippen LogP contribution is -2.31. The minimum Gasteiger partial charge on any atom is -0.383 e. The van der Waals surface area contributed by atoms with E-state index in [0.717, 1.165) is 12.2 Å². The Balaban J connectivity index is 2.70. The lowest BCUT2D eigenvalue weighted by molar-refractivity contribution is -0.117. The molecule has 1 aromatic rings. The minimum absolute atomic E-state index is 0.278. The summed E-state index contributed by atoms with van der Waals surface area (Å²) in [6, 6.07) is 8.18. The molecule has 0 aliphatic rings. The molecule has 94 valence electrons. The number of nitrogens with two attached hydrogens (primary N) is 1. The van der Waals surface area contributed by atoms with Crippen molar-refractivity contribution in [3.8, 4) is 0 Å². The van der Waals surface area contributed by atoms with Gasteiger partial charge in [-0.3, -0.25) is 4.79 Å². The number of carbonyl (C=O) groups is 1. The number of primary amides is 1. The number of rotatable bonds is 7. The largest absolute Gasteiger partial charge is 0.383 e. The van der Waals surface area contributed by atoms with Gasteiger partial charge in [0, 0.05) is 32.3 Å². The molecule has 0 atom stereocenters. The fourth-order valence-corrected chi connectivity index (χ4v) is 1.64. The van der Waals surface area contributed by atoms with Gasteiger partial charge in [0.05, 0.1) is 6.61 Å². The summed E-state index contributed by atoms with van der Waals surface area (Å²) in [5.74, 6) is -0.278. The molecular formula is C13H20N2O2. The van der Waals surface area contributed by atoms with Crippen LogP contribution in [-0.4, -0.2) is 32.7 Å². The van der Waals surface area contributed by atoms with Crippen LogP contribution >= 0.6 is 0 Å². The first kappa shape index (κ1) is 13.5. The van der Waals surface area contributed by atoms with Crippen LogP contribution in [0.5, 0.6) is 0 Å². The molecule has 0 fully saturated rings. The lowest BCUT2D eigenvalue weighted by atomic mass is 10.2. The predicted molar refractivity (Wildman–Crippen MR) is 69.1 cm³/mol. The van der Waals surface area contributed by atoms with Gasteiger partial charge >= 0.3 is 0 Å². The number of amides is 1. The van der Waals surface area contributed by atoms with Crippen LogP contribution in [0.3, 0.4) is 0 Å². The first-order valence-corrected chi connectivity index (χ1v) is 5.72. The molecule has 2 N–H and O–H groups in total. The van der Waals surface area contributed by atoms with E-state index < -0.39 is 0 Å². The molecule has 0 aromatic heterocycles. The summed E-state index contributed by atoms with van der Waals surface area (Å²) in [5.41, 5.74) is 7.48. The van der Waals surface area contributed by atoms with Crippen molar-refractivity contribution >= 4 is 11.6 Å². The molecule has 0 heterocycles. The second kappa shape index (κ2) is 6.91. The highest BCUT2D eigenvalue weighted by Crippen LogP contribution is 2.15. The number of hydrogen-bond donors (Lipinski definition) is 1. The average molecular weight is 236 g/mol. The van der Waals surface area contributed by atoms with Gasteiger partial charge in [-0.25, -0.2) is 0 Å². The Bertz CT molecular complexity index is 366. The van der Waals surface area contributed by atoms with Gasteiger partial charge in [0.25, 0.3) is 0 Å². The van der Waals surface area contributed by atoms with Crippen molar-refractivity contribution < 1.29 is 9.53 Å². The molecule has 0 saturated heterocycles. The van der Waals surface area contributed by atoms with Gasteiger partial charge in [-0.2, -0.15) is 0 Å². The van der Waals surface area contributed by atoms with Crippen molar-refractivity contribution in [2.75, 3.05) is 31.7 Å². The summed E-state index contributed by atoms with van der Waals surface area (Å²) >= 11 is 0. The second-order valence-electron chi connectivity index (χ2n) is 4.04. The van der Waals surface area contributed by atoms with Crippen LogP contribution in [0, 0.1) is 6.92 Å². The van der Waals surface area contributed by atoms with Crippen LogP contribution in [0.1, 0.15) is 12.0 Å². The number of methoxy groups -OCH3 is 1. The number of nitrogens with zero attached hydrogens (tertiary/aromatic N) is 1. The summed E-state index contributed by atoms with van der Waals surface area (Å²) in [6.45, 7) is 4.06. The molecule has 4 nitrogen and oxygen atoms in total. The van der Waals surface area contributed by atoms with Crippen molar-refractivity contribution in [3.05, 3.63) is 29.8 Å². The zero-order valence-electron chi connectivity index (χ0n) is 10.5. The highest BCUT2D eigenvalue weighted by atomic mass is 16.5. The third kappa shape index (κ3) is 4.87. The van der Waals surface area contributed by atoms with E-state index >= 15 is 0 Å². The Kier molecular flexibility index (Phi) is 5.49. The standard InChI is InChI=1S/C13H20N2O2/c1-11-4-3-5-12(10-11)15(8-9-17-2)7-6-13(14)16/h3-5,10H,6-9H2,1-2H3,(H2,14,16). The summed E-state index contributed by atoms with van der Waals surface area (Å²) < 4.78 is 5.07. The van der Waals surface area contributed by atoms with Crippen LogP contribution in [-0.2, 0) is 9.53 Å². The molecular weight excluding hydrogens is 216 g/mol. The van der Waals surface area contributed by atoms with Gasteiger partial charge in [-0.15, -0.1) is 0 Å². The molecule has 0 aliphatic carbocycles. The smallest absolute Gasteiger partial charge is 0.219 e. The zero-order valence-corrected chi connectivity index (χ0v) is 10.5. The maximum absolute atomic E-state index is 10.8. The number of ether oxygens (including phenoxy) is 1. The van der Waals surface area contributed by atoms with Crippen LogP contribution in [0.25, 0.3) is 0 Å². The molecule has 0 saturated carbocycles. The highest BCUT2D eigenvalue weighted by Gasteiger charge is 2.07. The average Bonchev–Trinajstić information content (AvgIpc) is 2.29. The van der Waals surface area contributed by atoms with Crippen molar-refractivity contribution in [3.63, 3.8) is 0 Å². The van der Waals surface area contributed by atoms with E-state index in [1.807, 2.05) is 25.1 Å². The molecule has 0 spiro atoms. The van der Waals surface area contributed by atoms with Crippen LogP contribution < -0.4 is 10.6 Å². The molecule has 0 bridgehead atoms. The van der Waals surface area contributed by atoms with Gasteiger partial charge in [0.1, 0.15) is 0 Å². The zero-order chi connectivity index (χ0) is 12.7. The summed E-state index contributed by atoms with van der Waals surface area (Å²) in [7, 11) is 1.67. The van der Waals surface area contributed by atoms with Crippen LogP contribution in [0.4, 0.5) is 5.69 Å². The molecule has 1 aromatic carbocycles.